The van der Waals surface area contributed by atoms with Gasteiger partial charge in [-0.15, -0.1) is 0 Å². The van der Waals surface area contributed by atoms with E-state index in [2.05, 4.69) is 12.2 Å². The van der Waals surface area contributed by atoms with Crippen LogP contribution in [0.5, 0.6) is 0 Å². The maximum absolute atomic E-state index is 12.0. The van der Waals surface area contributed by atoms with Gasteiger partial charge in [-0.2, -0.15) is 0 Å². The van der Waals surface area contributed by atoms with Crippen molar-refractivity contribution in [1.29, 1.82) is 0 Å². The lowest BCUT2D eigenvalue weighted by Gasteiger charge is -2.27. The molecule has 2 fully saturated rings. The molecule has 3 N–H and O–H groups in total. The summed E-state index contributed by atoms with van der Waals surface area (Å²) in [6.45, 7) is 4.06. The molecule has 0 aromatic heterocycles. The van der Waals surface area contributed by atoms with E-state index in [0.29, 0.717) is 11.8 Å². The van der Waals surface area contributed by atoms with Crippen LogP contribution in [-0.4, -0.2) is 19.0 Å². The lowest BCUT2D eigenvalue weighted by molar-refractivity contribution is -0.122. The van der Waals surface area contributed by atoms with Gasteiger partial charge in [-0.25, -0.2) is 0 Å². The first-order valence-electron chi connectivity index (χ1n) is 9.14. The zero-order valence-electron chi connectivity index (χ0n) is 13.8. The van der Waals surface area contributed by atoms with Gasteiger partial charge in [0.15, 0.2) is 0 Å². The Bertz CT molecular complexity index is 302. The van der Waals surface area contributed by atoms with Crippen molar-refractivity contribution in [2.45, 2.75) is 71.1 Å². The predicted octanol–water partition coefficient (Wildman–Crippen LogP) is 3.47. The van der Waals surface area contributed by atoms with E-state index in [-0.39, 0.29) is 5.91 Å². The van der Waals surface area contributed by atoms with Crippen LogP contribution in [0.1, 0.15) is 71.1 Å². The summed E-state index contributed by atoms with van der Waals surface area (Å²) < 4.78 is 0. The van der Waals surface area contributed by atoms with Crippen LogP contribution < -0.4 is 11.1 Å². The van der Waals surface area contributed by atoms with Gasteiger partial charge in [0.05, 0.1) is 0 Å². The lowest BCUT2D eigenvalue weighted by atomic mass is 9.80. The smallest absolute Gasteiger partial charge is 0.220 e. The fraction of sp³-hybridized carbons (Fsp3) is 0.944. The minimum atomic E-state index is 0.273. The first-order chi connectivity index (χ1) is 10.2. The number of carbonyl (C=O) groups excluding carboxylic acids is 1. The Labute approximate surface area is 130 Å². The van der Waals surface area contributed by atoms with Crippen molar-refractivity contribution < 1.29 is 4.79 Å². The number of nitrogens with one attached hydrogen (secondary N) is 1. The average molecular weight is 294 g/mol. The molecule has 122 valence electrons. The Kier molecular flexibility index (Phi) is 7.01. The number of carbonyl (C=O) groups is 1. The van der Waals surface area contributed by atoms with Crippen LogP contribution in [0.4, 0.5) is 0 Å². The molecule has 0 saturated heterocycles. The topological polar surface area (TPSA) is 55.1 Å². The minimum Gasteiger partial charge on any atom is -0.356 e. The number of nitrogens with two attached hydrogens (primary N) is 1. The van der Waals surface area contributed by atoms with Crippen LogP contribution in [0.15, 0.2) is 0 Å². The van der Waals surface area contributed by atoms with Crippen molar-refractivity contribution in [2.75, 3.05) is 13.1 Å². The molecule has 0 heterocycles. The highest BCUT2D eigenvalue weighted by atomic mass is 16.1. The van der Waals surface area contributed by atoms with Crippen molar-refractivity contribution in [3.05, 3.63) is 0 Å². The Hall–Kier alpha value is -0.570. The van der Waals surface area contributed by atoms with E-state index in [1.54, 1.807) is 0 Å². The minimum absolute atomic E-state index is 0.273. The lowest BCUT2D eigenvalue weighted by Crippen LogP contribution is -2.30. The van der Waals surface area contributed by atoms with Gasteiger partial charge in [-0.3, -0.25) is 4.79 Å². The summed E-state index contributed by atoms with van der Waals surface area (Å²) in [5.74, 6) is 3.35. The number of hydrogen-bond donors (Lipinski definition) is 2. The SMILES string of the molecule is CC1CCC(CCNC(=O)CC2CCC(CN)CC2)CC1. The van der Waals surface area contributed by atoms with Crippen molar-refractivity contribution in [2.24, 2.45) is 29.4 Å². The van der Waals surface area contributed by atoms with Gasteiger partial charge >= 0.3 is 0 Å². The molecule has 0 aromatic rings. The molecule has 3 heteroatoms. The Morgan fingerprint density at radius 2 is 1.52 bits per heavy atom. The van der Waals surface area contributed by atoms with Crippen LogP contribution in [0.25, 0.3) is 0 Å². The molecule has 3 nitrogen and oxygen atoms in total. The molecule has 2 aliphatic carbocycles. The molecular weight excluding hydrogens is 260 g/mol. The molecule has 0 spiro atoms. The third-order valence-corrected chi connectivity index (χ3v) is 5.78. The number of amides is 1. The summed E-state index contributed by atoms with van der Waals surface area (Å²) in [5, 5.41) is 3.15. The summed E-state index contributed by atoms with van der Waals surface area (Å²) in [6, 6.07) is 0. The third kappa shape index (κ3) is 5.98. The second-order valence-electron chi connectivity index (χ2n) is 7.59. The molecule has 0 unspecified atom stereocenters. The van der Waals surface area contributed by atoms with Gasteiger partial charge < -0.3 is 11.1 Å². The second-order valence-corrected chi connectivity index (χ2v) is 7.59. The highest BCUT2D eigenvalue weighted by molar-refractivity contribution is 5.76. The quantitative estimate of drug-likeness (QED) is 0.788. The van der Waals surface area contributed by atoms with Crippen molar-refractivity contribution in [3.8, 4) is 0 Å². The molecule has 0 aliphatic heterocycles. The molecule has 2 aliphatic rings. The highest BCUT2D eigenvalue weighted by Gasteiger charge is 2.22. The maximum Gasteiger partial charge on any atom is 0.220 e. The number of rotatable bonds is 6. The van der Waals surface area contributed by atoms with E-state index >= 15 is 0 Å². The van der Waals surface area contributed by atoms with E-state index < -0.39 is 0 Å². The predicted molar refractivity (Wildman–Crippen MR) is 87.9 cm³/mol. The van der Waals surface area contributed by atoms with Crippen LogP contribution in [0.2, 0.25) is 0 Å². The molecule has 0 bridgehead atoms. The molecule has 0 radical (unpaired) electrons. The van der Waals surface area contributed by atoms with E-state index in [4.69, 9.17) is 5.73 Å². The second kappa shape index (κ2) is 8.77. The Morgan fingerprint density at radius 3 is 2.14 bits per heavy atom. The van der Waals surface area contributed by atoms with Gasteiger partial charge in [0.25, 0.3) is 0 Å². The van der Waals surface area contributed by atoms with E-state index in [0.717, 1.165) is 31.3 Å². The standard InChI is InChI=1S/C18H34N2O/c1-14-2-4-15(5-3-14)10-11-20-18(21)12-16-6-8-17(13-19)9-7-16/h14-17H,2-13,19H2,1H3,(H,20,21). The zero-order chi connectivity index (χ0) is 15.1. The van der Waals surface area contributed by atoms with Gasteiger partial charge in [0.1, 0.15) is 0 Å². The molecule has 1 amide bonds. The van der Waals surface area contributed by atoms with Crippen molar-refractivity contribution >= 4 is 5.91 Å². The molecule has 21 heavy (non-hydrogen) atoms. The monoisotopic (exact) mass is 294 g/mol. The molecular formula is C18H34N2O. The summed E-state index contributed by atoms with van der Waals surface area (Å²) in [6.07, 6.45) is 12.2. The fourth-order valence-corrected chi connectivity index (χ4v) is 4.04. The van der Waals surface area contributed by atoms with Crippen LogP contribution in [0, 0.1) is 23.7 Å². The third-order valence-electron chi connectivity index (χ3n) is 5.78. The van der Waals surface area contributed by atoms with Gasteiger partial charge in [0, 0.05) is 13.0 Å². The molecule has 2 rings (SSSR count). The number of hydrogen-bond acceptors (Lipinski definition) is 2. The van der Waals surface area contributed by atoms with Crippen molar-refractivity contribution in [3.63, 3.8) is 0 Å². The van der Waals surface area contributed by atoms with Gasteiger partial charge in [-0.05, 0) is 62.3 Å². The van der Waals surface area contributed by atoms with E-state index in [1.165, 1.54) is 57.8 Å². The fourth-order valence-electron chi connectivity index (χ4n) is 4.04. The zero-order valence-corrected chi connectivity index (χ0v) is 13.8. The molecule has 0 atom stereocenters. The normalized spacial score (nSPS) is 33.6. The molecule has 2 saturated carbocycles. The Balaban J connectivity index is 1.54. The van der Waals surface area contributed by atoms with Crippen LogP contribution >= 0.6 is 0 Å². The first-order valence-corrected chi connectivity index (χ1v) is 9.14. The summed E-state index contributed by atoms with van der Waals surface area (Å²) in [4.78, 5) is 12.0. The summed E-state index contributed by atoms with van der Waals surface area (Å²) >= 11 is 0. The highest BCUT2D eigenvalue weighted by Crippen LogP contribution is 2.31. The van der Waals surface area contributed by atoms with Crippen LogP contribution in [0.3, 0.4) is 0 Å². The van der Waals surface area contributed by atoms with E-state index in [1.807, 2.05) is 0 Å². The first kappa shape index (κ1) is 16.8. The van der Waals surface area contributed by atoms with Crippen LogP contribution in [-0.2, 0) is 4.79 Å². The summed E-state index contributed by atoms with van der Waals surface area (Å²) in [7, 11) is 0. The maximum atomic E-state index is 12.0. The Morgan fingerprint density at radius 1 is 0.952 bits per heavy atom. The average Bonchev–Trinajstić information content (AvgIpc) is 2.50. The summed E-state index contributed by atoms with van der Waals surface area (Å²) in [5.41, 5.74) is 5.72. The van der Waals surface area contributed by atoms with Crippen molar-refractivity contribution in [1.82, 2.24) is 5.32 Å². The van der Waals surface area contributed by atoms with Gasteiger partial charge in [0.2, 0.25) is 5.91 Å². The van der Waals surface area contributed by atoms with E-state index in [9.17, 15) is 4.79 Å². The molecule has 0 aromatic carbocycles. The van der Waals surface area contributed by atoms with Gasteiger partial charge in [-0.1, -0.05) is 32.6 Å². The largest absolute Gasteiger partial charge is 0.356 e.